The van der Waals surface area contributed by atoms with Crippen molar-refractivity contribution in [1.82, 2.24) is 10.1 Å². The van der Waals surface area contributed by atoms with E-state index in [9.17, 15) is 9.50 Å². The minimum Gasteiger partial charge on any atom is -0.393 e. The van der Waals surface area contributed by atoms with Crippen LogP contribution in [0.5, 0.6) is 0 Å². The Morgan fingerprint density at radius 2 is 2.00 bits per heavy atom. The summed E-state index contributed by atoms with van der Waals surface area (Å²) in [7, 11) is 0. The first-order chi connectivity index (χ1) is 9.63. The summed E-state index contributed by atoms with van der Waals surface area (Å²) >= 11 is 3.14. The number of aliphatic hydroxyl groups excluding tert-OH is 1. The van der Waals surface area contributed by atoms with Gasteiger partial charge in [-0.1, -0.05) is 5.16 Å². The second-order valence-electron chi connectivity index (χ2n) is 5.09. The third kappa shape index (κ3) is 2.76. The summed E-state index contributed by atoms with van der Waals surface area (Å²) in [5.74, 6) is 0.960. The van der Waals surface area contributed by atoms with Gasteiger partial charge in [-0.2, -0.15) is 4.98 Å². The van der Waals surface area contributed by atoms with Crippen LogP contribution in [0.2, 0.25) is 0 Å². The summed E-state index contributed by atoms with van der Waals surface area (Å²) in [6.07, 6.45) is 3.04. The SMILES string of the molecule is OC1CCC(c2nc(-c3ccc(F)c(Br)c3)no2)CC1. The van der Waals surface area contributed by atoms with Crippen LogP contribution >= 0.6 is 15.9 Å². The molecule has 20 heavy (non-hydrogen) atoms. The molecule has 0 spiro atoms. The molecule has 1 aromatic carbocycles. The van der Waals surface area contributed by atoms with Crippen LogP contribution in [0.25, 0.3) is 11.4 Å². The van der Waals surface area contributed by atoms with E-state index in [1.165, 1.54) is 6.07 Å². The summed E-state index contributed by atoms with van der Waals surface area (Å²) in [4.78, 5) is 4.40. The molecular weight excluding hydrogens is 327 g/mol. The Kier molecular flexibility index (Phi) is 3.85. The van der Waals surface area contributed by atoms with E-state index in [0.29, 0.717) is 21.8 Å². The molecule has 0 saturated heterocycles. The van der Waals surface area contributed by atoms with Gasteiger partial charge in [-0.25, -0.2) is 4.39 Å². The Hall–Kier alpha value is -1.27. The normalized spacial score (nSPS) is 22.9. The second kappa shape index (κ2) is 5.61. The predicted octanol–water partition coefficient (Wildman–Crippen LogP) is 3.66. The van der Waals surface area contributed by atoms with Crippen LogP contribution in [0.1, 0.15) is 37.5 Å². The number of rotatable bonds is 2. The maximum Gasteiger partial charge on any atom is 0.230 e. The lowest BCUT2D eigenvalue weighted by molar-refractivity contribution is 0.116. The Balaban J connectivity index is 1.81. The van der Waals surface area contributed by atoms with Gasteiger partial charge in [-0.3, -0.25) is 0 Å². The van der Waals surface area contributed by atoms with E-state index in [4.69, 9.17) is 4.52 Å². The lowest BCUT2D eigenvalue weighted by atomic mass is 9.87. The third-order valence-electron chi connectivity index (χ3n) is 3.67. The summed E-state index contributed by atoms with van der Waals surface area (Å²) in [6.45, 7) is 0. The van der Waals surface area contributed by atoms with Crippen LogP contribution in [0, 0.1) is 5.82 Å². The number of aromatic nitrogens is 2. The van der Waals surface area contributed by atoms with Gasteiger partial charge in [0.2, 0.25) is 11.7 Å². The molecule has 3 rings (SSSR count). The highest BCUT2D eigenvalue weighted by Gasteiger charge is 2.25. The highest BCUT2D eigenvalue weighted by atomic mass is 79.9. The van der Waals surface area contributed by atoms with Crippen molar-refractivity contribution in [2.24, 2.45) is 0 Å². The first kappa shape index (κ1) is 13.7. The van der Waals surface area contributed by atoms with Crippen LogP contribution in [0.4, 0.5) is 4.39 Å². The molecule has 0 amide bonds. The van der Waals surface area contributed by atoms with E-state index in [1.54, 1.807) is 12.1 Å². The van der Waals surface area contributed by atoms with Crippen LogP contribution < -0.4 is 0 Å². The fourth-order valence-corrected chi connectivity index (χ4v) is 2.86. The second-order valence-corrected chi connectivity index (χ2v) is 5.94. The zero-order valence-corrected chi connectivity index (χ0v) is 12.3. The topological polar surface area (TPSA) is 59.2 Å². The van der Waals surface area contributed by atoms with Gasteiger partial charge in [0.15, 0.2) is 0 Å². The van der Waals surface area contributed by atoms with Crippen molar-refractivity contribution in [3.05, 3.63) is 34.4 Å². The van der Waals surface area contributed by atoms with E-state index in [2.05, 4.69) is 26.1 Å². The minimum absolute atomic E-state index is 0.207. The molecule has 6 heteroatoms. The summed E-state index contributed by atoms with van der Waals surface area (Å²) < 4.78 is 18.9. The van der Waals surface area contributed by atoms with E-state index < -0.39 is 0 Å². The quantitative estimate of drug-likeness (QED) is 0.906. The maximum atomic E-state index is 13.2. The molecule has 106 valence electrons. The maximum absolute atomic E-state index is 13.2. The Morgan fingerprint density at radius 1 is 1.25 bits per heavy atom. The van der Waals surface area contributed by atoms with Crippen LogP contribution in [-0.2, 0) is 0 Å². The van der Waals surface area contributed by atoms with Crippen molar-refractivity contribution in [2.45, 2.75) is 37.7 Å². The first-order valence-electron chi connectivity index (χ1n) is 6.60. The smallest absolute Gasteiger partial charge is 0.230 e. The third-order valence-corrected chi connectivity index (χ3v) is 4.27. The summed E-state index contributed by atoms with van der Waals surface area (Å²) in [6, 6.07) is 4.63. The molecule has 1 heterocycles. The van der Waals surface area contributed by atoms with E-state index in [0.717, 1.165) is 25.7 Å². The highest BCUT2D eigenvalue weighted by molar-refractivity contribution is 9.10. The molecule has 0 aliphatic heterocycles. The molecule has 1 fully saturated rings. The zero-order valence-electron chi connectivity index (χ0n) is 10.7. The highest BCUT2D eigenvalue weighted by Crippen LogP contribution is 2.33. The molecule has 1 saturated carbocycles. The van der Waals surface area contributed by atoms with Gasteiger partial charge in [-0.05, 0) is 59.8 Å². The Bertz CT molecular complexity index is 609. The van der Waals surface area contributed by atoms with Gasteiger partial charge < -0.3 is 9.63 Å². The molecule has 0 radical (unpaired) electrons. The number of benzene rings is 1. The largest absolute Gasteiger partial charge is 0.393 e. The van der Waals surface area contributed by atoms with Gasteiger partial charge in [-0.15, -0.1) is 0 Å². The molecule has 1 aliphatic carbocycles. The molecule has 0 atom stereocenters. The lowest BCUT2D eigenvalue weighted by Crippen LogP contribution is -2.17. The number of aliphatic hydroxyl groups is 1. The average molecular weight is 341 g/mol. The number of hydrogen-bond donors (Lipinski definition) is 1. The van der Waals surface area contributed by atoms with E-state index in [1.807, 2.05) is 0 Å². The molecule has 0 bridgehead atoms. The van der Waals surface area contributed by atoms with Crippen LogP contribution in [0.15, 0.2) is 27.2 Å². The van der Waals surface area contributed by atoms with Gasteiger partial charge in [0.1, 0.15) is 5.82 Å². The minimum atomic E-state index is -0.321. The van der Waals surface area contributed by atoms with E-state index in [-0.39, 0.29) is 17.8 Å². The van der Waals surface area contributed by atoms with Crippen molar-refractivity contribution in [1.29, 1.82) is 0 Å². The number of hydrogen-bond acceptors (Lipinski definition) is 4. The Labute approximate surface area is 124 Å². The first-order valence-corrected chi connectivity index (χ1v) is 7.40. The van der Waals surface area contributed by atoms with Crippen molar-refractivity contribution in [2.75, 3.05) is 0 Å². The molecule has 1 N–H and O–H groups in total. The molecule has 1 aliphatic rings. The van der Waals surface area contributed by atoms with Gasteiger partial charge in [0, 0.05) is 11.5 Å². The summed E-state index contributed by atoms with van der Waals surface area (Å²) in [5.41, 5.74) is 0.712. The van der Waals surface area contributed by atoms with Crippen molar-refractivity contribution >= 4 is 15.9 Å². The lowest BCUT2D eigenvalue weighted by Gasteiger charge is -2.22. The van der Waals surface area contributed by atoms with Crippen molar-refractivity contribution < 1.29 is 14.0 Å². The average Bonchev–Trinajstić information content (AvgIpc) is 2.92. The van der Waals surface area contributed by atoms with Crippen LogP contribution in [-0.4, -0.2) is 21.4 Å². The fraction of sp³-hybridized carbons (Fsp3) is 0.429. The van der Waals surface area contributed by atoms with Crippen LogP contribution in [0.3, 0.4) is 0 Å². The van der Waals surface area contributed by atoms with Gasteiger partial charge in [0.25, 0.3) is 0 Å². The molecule has 0 unspecified atom stereocenters. The number of nitrogens with zero attached hydrogens (tertiary/aromatic N) is 2. The molecule has 1 aromatic heterocycles. The predicted molar refractivity (Wildman–Crippen MR) is 74.6 cm³/mol. The molecule has 2 aromatic rings. The summed E-state index contributed by atoms with van der Waals surface area (Å²) in [5, 5.41) is 13.5. The monoisotopic (exact) mass is 340 g/mol. The van der Waals surface area contributed by atoms with Gasteiger partial charge in [0.05, 0.1) is 10.6 Å². The van der Waals surface area contributed by atoms with Crippen molar-refractivity contribution in [3.63, 3.8) is 0 Å². The fourth-order valence-electron chi connectivity index (χ4n) is 2.48. The standard InChI is InChI=1S/C14H14BrFN2O2/c15-11-7-9(3-6-12(11)16)13-17-14(20-18-13)8-1-4-10(19)5-2-8/h3,6-8,10,19H,1-2,4-5H2. The van der Waals surface area contributed by atoms with Crippen molar-refractivity contribution in [3.8, 4) is 11.4 Å². The Morgan fingerprint density at radius 3 is 2.70 bits per heavy atom. The number of halogens is 2. The molecule has 4 nitrogen and oxygen atoms in total. The van der Waals surface area contributed by atoms with Gasteiger partial charge >= 0.3 is 0 Å². The van der Waals surface area contributed by atoms with E-state index >= 15 is 0 Å². The zero-order chi connectivity index (χ0) is 14.1. The molecular formula is C14H14BrFN2O2.